The van der Waals surface area contributed by atoms with E-state index in [-0.39, 0.29) is 28.4 Å². The molecule has 0 unspecified atom stereocenters. The summed E-state index contributed by atoms with van der Waals surface area (Å²) in [5, 5.41) is 0.0716. The van der Waals surface area contributed by atoms with Crippen LogP contribution in [-0.2, 0) is 14.8 Å². The van der Waals surface area contributed by atoms with Crippen molar-refractivity contribution in [1.82, 2.24) is 19.6 Å². The molecule has 11 heteroatoms. The third-order valence-electron chi connectivity index (χ3n) is 4.50. The number of ether oxygens (including phenoxy) is 1. The fourth-order valence-corrected chi connectivity index (χ4v) is 4.08. The minimum absolute atomic E-state index is 0.0716. The molecule has 164 valence electrons. The number of sulfonamides is 1. The van der Waals surface area contributed by atoms with Crippen molar-refractivity contribution in [3.05, 3.63) is 39.0 Å². The van der Waals surface area contributed by atoms with Crippen molar-refractivity contribution < 1.29 is 17.9 Å². The number of amides is 1. The van der Waals surface area contributed by atoms with Crippen molar-refractivity contribution >= 4 is 27.0 Å². The predicted molar refractivity (Wildman–Crippen MR) is 111 cm³/mol. The summed E-state index contributed by atoms with van der Waals surface area (Å²) in [6.45, 7) is 5.90. The normalized spacial score (nSPS) is 14.6. The van der Waals surface area contributed by atoms with Crippen LogP contribution in [-0.4, -0.2) is 54.1 Å². The van der Waals surface area contributed by atoms with E-state index in [9.17, 15) is 22.8 Å². The van der Waals surface area contributed by atoms with Crippen LogP contribution in [0, 0.1) is 0 Å². The minimum atomic E-state index is -3.86. The first-order valence-corrected chi connectivity index (χ1v) is 11.2. The average molecular weight is 439 g/mol. The Morgan fingerprint density at radius 3 is 2.57 bits per heavy atom. The molecule has 1 aromatic heterocycles. The molecule has 1 amide bonds. The van der Waals surface area contributed by atoms with Crippen molar-refractivity contribution in [2.45, 2.75) is 56.6 Å². The molecule has 0 radical (unpaired) electrons. The molecule has 30 heavy (non-hydrogen) atoms. The molecular weight excluding hydrogens is 412 g/mol. The molecule has 3 N–H and O–H groups in total. The maximum absolute atomic E-state index is 12.6. The second-order valence-electron chi connectivity index (χ2n) is 8.27. The highest BCUT2D eigenvalue weighted by Crippen LogP contribution is 2.28. The number of aromatic amines is 2. The van der Waals surface area contributed by atoms with Gasteiger partial charge in [0.05, 0.1) is 15.8 Å². The van der Waals surface area contributed by atoms with Crippen LogP contribution in [0.4, 0.5) is 4.79 Å². The standard InChI is InChI=1S/C19H26N4O6S/c1-19(2,3)29-18(26)23(12-5-6-12)10-4-9-20-30(27,28)13-7-8-15-14(11-13)16(24)22-17(25)21-15/h7-8,11-12,20H,4-6,9-10H2,1-3H3,(H2,21,22,24,25). The lowest BCUT2D eigenvalue weighted by Crippen LogP contribution is -2.39. The molecule has 0 saturated heterocycles. The maximum atomic E-state index is 12.6. The van der Waals surface area contributed by atoms with Crippen molar-refractivity contribution in [1.29, 1.82) is 0 Å². The number of rotatable bonds is 7. The van der Waals surface area contributed by atoms with Gasteiger partial charge in [0.15, 0.2) is 0 Å². The number of fused-ring (bicyclic) bond motifs is 1. The highest BCUT2D eigenvalue weighted by atomic mass is 32.2. The number of H-pyrrole nitrogens is 2. The molecule has 1 aliphatic carbocycles. The summed E-state index contributed by atoms with van der Waals surface area (Å²) < 4.78 is 33.0. The van der Waals surface area contributed by atoms with E-state index in [4.69, 9.17) is 4.74 Å². The molecule has 3 rings (SSSR count). The minimum Gasteiger partial charge on any atom is -0.444 e. The predicted octanol–water partition coefficient (Wildman–Crippen LogP) is 1.28. The first-order chi connectivity index (χ1) is 14.0. The van der Waals surface area contributed by atoms with Crippen molar-refractivity contribution in [3.8, 4) is 0 Å². The molecular formula is C19H26N4O6S. The first kappa shape index (κ1) is 22.0. The molecule has 1 fully saturated rings. The van der Waals surface area contributed by atoms with Gasteiger partial charge in [-0.05, 0) is 58.2 Å². The molecule has 1 saturated carbocycles. The number of benzene rings is 1. The smallest absolute Gasteiger partial charge is 0.410 e. The Balaban J connectivity index is 1.62. The van der Waals surface area contributed by atoms with Gasteiger partial charge in [-0.25, -0.2) is 22.7 Å². The number of hydrogen-bond donors (Lipinski definition) is 3. The van der Waals surface area contributed by atoms with Crippen LogP contribution < -0.4 is 16.0 Å². The lowest BCUT2D eigenvalue weighted by molar-refractivity contribution is 0.0232. The van der Waals surface area contributed by atoms with Crippen LogP contribution in [0.1, 0.15) is 40.0 Å². The van der Waals surface area contributed by atoms with E-state index in [1.807, 2.05) is 0 Å². The Hall–Kier alpha value is -2.66. The van der Waals surface area contributed by atoms with E-state index < -0.39 is 33.0 Å². The molecule has 0 bridgehead atoms. The molecule has 1 aliphatic rings. The quantitative estimate of drug-likeness (QED) is 0.556. The summed E-state index contributed by atoms with van der Waals surface area (Å²) in [5.41, 5.74) is -1.67. The molecule has 1 aromatic carbocycles. The van der Waals surface area contributed by atoms with Gasteiger partial charge in [0.1, 0.15) is 5.60 Å². The van der Waals surface area contributed by atoms with E-state index in [0.717, 1.165) is 12.8 Å². The van der Waals surface area contributed by atoms with Gasteiger partial charge in [-0.2, -0.15) is 0 Å². The third-order valence-corrected chi connectivity index (χ3v) is 5.96. The van der Waals surface area contributed by atoms with E-state index in [2.05, 4.69) is 14.7 Å². The fourth-order valence-electron chi connectivity index (χ4n) is 2.98. The lowest BCUT2D eigenvalue weighted by atomic mass is 10.2. The highest BCUT2D eigenvalue weighted by Gasteiger charge is 2.34. The molecule has 0 aliphatic heterocycles. The molecule has 2 aromatic rings. The average Bonchev–Trinajstić information content (AvgIpc) is 3.44. The number of carbonyl (C=O) groups excluding carboxylic acids is 1. The Labute approximate surface area is 173 Å². The summed E-state index contributed by atoms with van der Waals surface area (Å²) in [7, 11) is -3.86. The van der Waals surface area contributed by atoms with Crippen LogP contribution in [0.5, 0.6) is 0 Å². The van der Waals surface area contributed by atoms with Gasteiger partial charge in [0.2, 0.25) is 10.0 Å². The van der Waals surface area contributed by atoms with Gasteiger partial charge >= 0.3 is 11.8 Å². The first-order valence-electron chi connectivity index (χ1n) is 9.72. The topological polar surface area (TPSA) is 141 Å². The van der Waals surface area contributed by atoms with Crippen LogP contribution in [0.2, 0.25) is 0 Å². The van der Waals surface area contributed by atoms with Crippen molar-refractivity contribution in [2.24, 2.45) is 0 Å². The van der Waals surface area contributed by atoms with Crippen LogP contribution >= 0.6 is 0 Å². The van der Waals surface area contributed by atoms with Gasteiger partial charge < -0.3 is 14.6 Å². The second-order valence-corrected chi connectivity index (χ2v) is 10.0. The highest BCUT2D eigenvalue weighted by molar-refractivity contribution is 7.89. The Kier molecular flexibility index (Phi) is 6.04. The summed E-state index contributed by atoms with van der Waals surface area (Å²) in [4.78, 5) is 41.6. The van der Waals surface area contributed by atoms with Gasteiger partial charge in [-0.15, -0.1) is 0 Å². The van der Waals surface area contributed by atoms with E-state index in [1.165, 1.54) is 18.2 Å². The van der Waals surface area contributed by atoms with Crippen molar-refractivity contribution in [3.63, 3.8) is 0 Å². The number of carbonyl (C=O) groups is 1. The van der Waals surface area contributed by atoms with Gasteiger partial charge in [-0.1, -0.05) is 0 Å². The fraction of sp³-hybridized carbons (Fsp3) is 0.526. The third kappa shape index (κ3) is 5.48. The van der Waals surface area contributed by atoms with E-state index in [1.54, 1.807) is 25.7 Å². The number of nitrogens with one attached hydrogen (secondary N) is 3. The van der Waals surface area contributed by atoms with Crippen molar-refractivity contribution in [2.75, 3.05) is 13.1 Å². The van der Waals surface area contributed by atoms with Gasteiger partial charge in [0.25, 0.3) is 5.56 Å². The zero-order valence-electron chi connectivity index (χ0n) is 17.1. The summed E-state index contributed by atoms with van der Waals surface area (Å²) >= 11 is 0. The largest absolute Gasteiger partial charge is 0.444 e. The van der Waals surface area contributed by atoms with Crippen LogP contribution in [0.15, 0.2) is 32.7 Å². The summed E-state index contributed by atoms with van der Waals surface area (Å²) in [5.74, 6) is 0. The number of hydrogen-bond acceptors (Lipinski definition) is 6. The number of nitrogens with zero attached hydrogens (tertiary/aromatic N) is 1. The van der Waals surface area contributed by atoms with Gasteiger partial charge in [-0.3, -0.25) is 9.78 Å². The summed E-state index contributed by atoms with van der Waals surface area (Å²) in [6, 6.07) is 4.05. The summed E-state index contributed by atoms with van der Waals surface area (Å²) in [6.07, 6.45) is 1.85. The van der Waals surface area contributed by atoms with Crippen LogP contribution in [0.25, 0.3) is 10.9 Å². The lowest BCUT2D eigenvalue weighted by Gasteiger charge is -2.27. The molecule has 0 atom stereocenters. The molecule has 1 heterocycles. The number of aromatic nitrogens is 2. The monoisotopic (exact) mass is 438 g/mol. The van der Waals surface area contributed by atoms with E-state index in [0.29, 0.717) is 13.0 Å². The SMILES string of the molecule is CC(C)(C)OC(=O)N(CCCNS(=O)(=O)c1ccc2[nH]c(=O)[nH]c(=O)c2c1)C1CC1. The zero-order chi connectivity index (χ0) is 22.1. The Morgan fingerprint density at radius 2 is 1.93 bits per heavy atom. The maximum Gasteiger partial charge on any atom is 0.410 e. The molecule has 10 nitrogen and oxygen atoms in total. The Bertz CT molecular complexity index is 1160. The zero-order valence-corrected chi connectivity index (χ0v) is 18.0. The second kappa shape index (κ2) is 8.23. The van der Waals surface area contributed by atoms with Crippen LogP contribution in [0.3, 0.4) is 0 Å². The van der Waals surface area contributed by atoms with Gasteiger partial charge in [0, 0.05) is 19.1 Å². The molecule has 0 spiro atoms. The van der Waals surface area contributed by atoms with E-state index >= 15 is 0 Å². The Morgan fingerprint density at radius 1 is 1.23 bits per heavy atom.